The van der Waals surface area contributed by atoms with Crippen LogP contribution in [0.15, 0.2) is 36.9 Å². The molecule has 0 spiro atoms. The van der Waals surface area contributed by atoms with Crippen molar-refractivity contribution in [1.82, 2.24) is 14.9 Å². The smallest absolute Gasteiger partial charge is 0.220 e. The number of halogens is 3. The van der Waals surface area contributed by atoms with Gasteiger partial charge < -0.3 is 5.73 Å². The van der Waals surface area contributed by atoms with Crippen molar-refractivity contribution in [2.75, 3.05) is 18.8 Å². The van der Waals surface area contributed by atoms with Gasteiger partial charge in [0.05, 0.1) is 11.4 Å². The molecule has 124 valence electrons. The van der Waals surface area contributed by atoms with Crippen LogP contribution < -0.4 is 5.73 Å². The summed E-state index contributed by atoms with van der Waals surface area (Å²) < 4.78 is 0. The molecule has 0 amide bonds. The van der Waals surface area contributed by atoms with Gasteiger partial charge in [0.15, 0.2) is 0 Å². The van der Waals surface area contributed by atoms with Crippen LogP contribution in [0.25, 0.3) is 11.3 Å². The minimum absolute atomic E-state index is 0. The minimum Gasteiger partial charge on any atom is -0.368 e. The molecule has 0 unspecified atom stereocenters. The van der Waals surface area contributed by atoms with Crippen LogP contribution in [0.3, 0.4) is 0 Å². The predicted octanol–water partition coefficient (Wildman–Crippen LogP) is 3.77. The van der Waals surface area contributed by atoms with Gasteiger partial charge in [-0.2, -0.15) is 0 Å². The number of fused-ring (bicyclic) bond motifs is 1. The molecule has 0 aliphatic carbocycles. The molecule has 0 bridgehead atoms. The quantitative estimate of drug-likeness (QED) is 0.832. The average molecular weight is 374 g/mol. The maximum absolute atomic E-state index is 5.96. The lowest BCUT2D eigenvalue weighted by Gasteiger charge is -2.28. The van der Waals surface area contributed by atoms with Crippen LogP contribution in [0.2, 0.25) is 5.02 Å². The fourth-order valence-corrected chi connectivity index (χ4v) is 2.80. The van der Waals surface area contributed by atoms with Crippen molar-refractivity contribution in [1.29, 1.82) is 0 Å². The van der Waals surface area contributed by atoms with Crippen LogP contribution >= 0.6 is 36.4 Å². The highest BCUT2D eigenvalue weighted by molar-refractivity contribution is 6.30. The molecular formula is C16H19Cl3N4. The average Bonchev–Trinajstić information content (AvgIpc) is 2.48. The van der Waals surface area contributed by atoms with E-state index in [2.05, 4.69) is 21.4 Å². The Kier molecular flexibility index (Phi) is 7.29. The molecule has 2 aromatic rings. The molecule has 4 nitrogen and oxygen atoms in total. The fraction of sp³-hybridized carbons (Fsp3) is 0.250. The van der Waals surface area contributed by atoms with Crippen molar-refractivity contribution < 1.29 is 0 Å². The summed E-state index contributed by atoms with van der Waals surface area (Å²) in [5, 5.41) is 0.711. The largest absolute Gasteiger partial charge is 0.368 e. The van der Waals surface area contributed by atoms with E-state index < -0.39 is 0 Å². The first-order valence-electron chi connectivity index (χ1n) is 6.92. The molecule has 7 heteroatoms. The van der Waals surface area contributed by atoms with E-state index >= 15 is 0 Å². The number of nitrogens with two attached hydrogens (primary N) is 1. The van der Waals surface area contributed by atoms with Crippen LogP contribution in [0.5, 0.6) is 0 Å². The van der Waals surface area contributed by atoms with Crippen LogP contribution in [0.4, 0.5) is 5.95 Å². The molecule has 0 saturated carbocycles. The van der Waals surface area contributed by atoms with E-state index in [-0.39, 0.29) is 24.8 Å². The van der Waals surface area contributed by atoms with Gasteiger partial charge in [0.25, 0.3) is 0 Å². The highest BCUT2D eigenvalue weighted by Crippen LogP contribution is 2.29. The number of nitrogens with zero attached hydrogens (tertiary/aromatic N) is 3. The van der Waals surface area contributed by atoms with Crippen molar-refractivity contribution in [3.63, 3.8) is 0 Å². The third kappa shape index (κ3) is 4.36. The van der Waals surface area contributed by atoms with Gasteiger partial charge in [-0.05, 0) is 12.1 Å². The summed E-state index contributed by atoms with van der Waals surface area (Å²) in [5.74, 6) is 0.330. The molecule has 23 heavy (non-hydrogen) atoms. The van der Waals surface area contributed by atoms with Crippen LogP contribution in [0, 0.1) is 0 Å². The van der Waals surface area contributed by atoms with Crippen molar-refractivity contribution in [2.45, 2.75) is 13.0 Å². The van der Waals surface area contributed by atoms with Crippen LogP contribution in [-0.4, -0.2) is 28.0 Å². The molecule has 0 atom stereocenters. The van der Waals surface area contributed by atoms with Crippen LogP contribution in [-0.2, 0) is 13.0 Å². The van der Waals surface area contributed by atoms with Crippen molar-refractivity contribution in [2.24, 2.45) is 0 Å². The summed E-state index contributed by atoms with van der Waals surface area (Å²) in [6, 6.07) is 7.67. The summed E-state index contributed by atoms with van der Waals surface area (Å²) in [6.07, 6.45) is 2.81. The van der Waals surface area contributed by atoms with Crippen molar-refractivity contribution in [3.05, 3.63) is 53.2 Å². The Labute approximate surface area is 153 Å². The lowest BCUT2D eigenvalue weighted by molar-refractivity contribution is 0.279. The van der Waals surface area contributed by atoms with Gasteiger partial charge in [0, 0.05) is 42.2 Å². The second-order valence-electron chi connectivity index (χ2n) is 5.14. The topological polar surface area (TPSA) is 55.0 Å². The van der Waals surface area contributed by atoms with E-state index in [1.165, 1.54) is 0 Å². The molecule has 0 saturated heterocycles. The van der Waals surface area contributed by atoms with E-state index in [1.807, 2.05) is 30.3 Å². The highest BCUT2D eigenvalue weighted by atomic mass is 35.5. The van der Waals surface area contributed by atoms with E-state index in [4.69, 9.17) is 17.3 Å². The van der Waals surface area contributed by atoms with Crippen molar-refractivity contribution in [3.8, 4) is 11.3 Å². The number of nitrogen functional groups attached to an aromatic ring is 1. The Morgan fingerprint density at radius 3 is 2.57 bits per heavy atom. The normalized spacial score (nSPS) is 13.4. The standard InChI is InChI=1S/C16H17ClN4.2ClH/c1-2-8-21-9-7-14-13(10-21)15(20-16(18)19-14)11-3-5-12(17)6-4-11;;/h2-6H,1,7-10H2,(H2,18,19,20);2*1H. The highest BCUT2D eigenvalue weighted by Gasteiger charge is 2.22. The first-order chi connectivity index (χ1) is 10.2. The third-order valence-corrected chi connectivity index (χ3v) is 3.91. The number of benzene rings is 1. The van der Waals surface area contributed by atoms with Gasteiger partial charge in [0.1, 0.15) is 0 Å². The molecule has 3 rings (SSSR count). The second kappa shape index (κ2) is 8.50. The number of aromatic nitrogens is 2. The van der Waals surface area contributed by atoms with Gasteiger partial charge in [-0.25, -0.2) is 9.97 Å². The van der Waals surface area contributed by atoms with Gasteiger partial charge in [0.2, 0.25) is 5.95 Å². The summed E-state index contributed by atoms with van der Waals surface area (Å²) in [7, 11) is 0. The predicted molar refractivity (Wildman–Crippen MR) is 101 cm³/mol. The molecule has 2 heterocycles. The number of rotatable bonds is 3. The zero-order chi connectivity index (χ0) is 14.8. The molecule has 2 N–H and O–H groups in total. The first-order valence-corrected chi connectivity index (χ1v) is 7.29. The lowest BCUT2D eigenvalue weighted by atomic mass is 9.99. The Morgan fingerprint density at radius 1 is 1.22 bits per heavy atom. The minimum atomic E-state index is 0. The molecule has 1 aliphatic heterocycles. The number of anilines is 1. The monoisotopic (exact) mass is 372 g/mol. The molecule has 1 aliphatic rings. The first kappa shape index (κ1) is 19.7. The van der Waals surface area contributed by atoms with Gasteiger partial charge in [-0.1, -0.05) is 29.8 Å². The van der Waals surface area contributed by atoms with E-state index in [0.29, 0.717) is 11.0 Å². The maximum Gasteiger partial charge on any atom is 0.220 e. The number of hydrogen-bond acceptors (Lipinski definition) is 4. The maximum atomic E-state index is 5.96. The summed E-state index contributed by atoms with van der Waals surface area (Å²) >= 11 is 5.96. The summed E-state index contributed by atoms with van der Waals surface area (Å²) in [4.78, 5) is 11.2. The molecule has 1 aromatic carbocycles. The van der Waals surface area contributed by atoms with Crippen LogP contribution in [0.1, 0.15) is 11.3 Å². The van der Waals surface area contributed by atoms with Crippen molar-refractivity contribution >= 4 is 42.4 Å². The number of hydrogen-bond donors (Lipinski definition) is 1. The fourth-order valence-electron chi connectivity index (χ4n) is 2.67. The Bertz CT molecular complexity index is 674. The van der Waals surface area contributed by atoms with E-state index in [9.17, 15) is 0 Å². The third-order valence-electron chi connectivity index (χ3n) is 3.66. The lowest BCUT2D eigenvalue weighted by Crippen LogP contribution is -2.32. The zero-order valence-electron chi connectivity index (χ0n) is 12.5. The summed E-state index contributed by atoms with van der Waals surface area (Å²) in [6.45, 7) is 6.46. The van der Waals surface area contributed by atoms with Gasteiger partial charge in [-0.3, -0.25) is 4.90 Å². The van der Waals surface area contributed by atoms with E-state index in [1.54, 1.807) is 0 Å². The molecule has 1 aromatic heterocycles. The Hall–Kier alpha value is -1.33. The zero-order valence-corrected chi connectivity index (χ0v) is 14.9. The van der Waals surface area contributed by atoms with Gasteiger partial charge >= 0.3 is 0 Å². The summed E-state index contributed by atoms with van der Waals surface area (Å²) in [5.41, 5.74) is 9.99. The van der Waals surface area contributed by atoms with Gasteiger partial charge in [-0.15, -0.1) is 31.4 Å². The molecular weight excluding hydrogens is 355 g/mol. The molecule has 0 fully saturated rings. The Balaban J connectivity index is 0.00000132. The van der Waals surface area contributed by atoms with E-state index in [0.717, 1.165) is 48.6 Å². The SMILES string of the molecule is C=CCN1CCc2nc(N)nc(-c3ccc(Cl)cc3)c2C1.Cl.Cl. The molecule has 0 radical (unpaired) electrons. The second-order valence-corrected chi connectivity index (χ2v) is 5.57. The Morgan fingerprint density at radius 2 is 1.91 bits per heavy atom.